The predicted octanol–water partition coefficient (Wildman–Crippen LogP) is 3.27. The number of benzene rings is 1. The van der Waals surface area contributed by atoms with E-state index < -0.39 is 0 Å². The molecular weight excluding hydrogens is 310 g/mol. The molecule has 1 aliphatic heterocycles. The van der Waals surface area contributed by atoms with Crippen LogP contribution in [0.2, 0.25) is 0 Å². The molecule has 0 spiro atoms. The summed E-state index contributed by atoms with van der Waals surface area (Å²) in [6.45, 7) is 4.50. The van der Waals surface area contributed by atoms with E-state index in [0.29, 0.717) is 0 Å². The van der Waals surface area contributed by atoms with Gasteiger partial charge in [0.05, 0.1) is 5.41 Å². The molecule has 4 heteroatoms. The topological polar surface area (TPSA) is 36.4 Å². The molecule has 2 heterocycles. The zero-order valence-corrected chi connectivity index (χ0v) is 15.4. The average molecular weight is 337 g/mol. The fraction of sp³-hybridized carbons (Fsp3) is 0.429. The highest BCUT2D eigenvalue weighted by Gasteiger charge is 2.40. The highest BCUT2D eigenvalue weighted by molar-refractivity contribution is 5.88. The second-order valence-electron chi connectivity index (χ2n) is 7.20. The maximum absolute atomic E-state index is 12.5. The van der Waals surface area contributed by atoms with Gasteiger partial charge in [-0.25, -0.2) is 4.98 Å². The zero-order valence-electron chi connectivity index (χ0n) is 15.4. The predicted molar refractivity (Wildman–Crippen MR) is 102 cm³/mol. The third-order valence-corrected chi connectivity index (χ3v) is 5.38. The molecular formula is C21H27N3O. The van der Waals surface area contributed by atoms with Crippen LogP contribution in [0, 0.1) is 0 Å². The molecule has 132 valence electrons. The lowest BCUT2D eigenvalue weighted by Crippen LogP contribution is -2.46. The molecule has 25 heavy (non-hydrogen) atoms. The van der Waals surface area contributed by atoms with Crippen molar-refractivity contribution < 1.29 is 4.79 Å². The molecule has 3 rings (SSSR count). The van der Waals surface area contributed by atoms with Crippen LogP contribution in [0.15, 0.2) is 48.7 Å². The van der Waals surface area contributed by atoms with Gasteiger partial charge < -0.3 is 4.90 Å². The lowest BCUT2D eigenvalue weighted by molar-refractivity contribution is -0.124. The van der Waals surface area contributed by atoms with Gasteiger partial charge in [-0.3, -0.25) is 9.69 Å². The summed E-state index contributed by atoms with van der Waals surface area (Å²) in [6, 6.07) is 14.5. The number of piperidine rings is 1. The molecule has 0 amide bonds. The van der Waals surface area contributed by atoms with Crippen LogP contribution in [-0.2, 0) is 16.8 Å². The number of carbonyl (C=O) groups is 1. The van der Waals surface area contributed by atoms with Crippen LogP contribution in [0.1, 0.15) is 30.9 Å². The Morgan fingerprint density at radius 1 is 1.12 bits per heavy atom. The molecule has 1 aromatic heterocycles. The van der Waals surface area contributed by atoms with E-state index in [1.807, 2.05) is 43.4 Å². The SMILES string of the molecule is CC(=O)C1(c2ccccc2)CCN(Cc2ccc(N(C)C)nc2)CC1. The summed E-state index contributed by atoms with van der Waals surface area (Å²) in [5.74, 6) is 1.26. The number of hydrogen-bond donors (Lipinski definition) is 0. The fourth-order valence-electron chi connectivity index (χ4n) is 3.73. The van der Waals surface area contributed by atoms with Crippen LogP contribution in [0.3, 0.4) is 0 Å². The quantitative estimate of drug-likeness (QED) is 0.839. The first kappa shape index (κ1) is 17.6. The molecule has 0 bridgehead atoms. The number of carbonyl (C=O) groups excluding carboxylic acids is 1. The van der Waals surface area contributed by atoms with Crippen molar-refractivity contribution in [3.8, 4) is 0 Å². The molecule has 0 saturated carbocycles. The number of Topliss-reactive ketones (excluding diaryl/α,β-unsaturated/α-hetero) is 1. The number of rotatable bonds is 5. The molecule has 2 aromatic rings. The number of likely N-dealkylation sites (tertiary alicyclic amines) is 1. The van der Waals surface area contributed by atoms with Gasteiger partial charge in [0, 0.05) is 26.8 Å². The molecule has 1 aliphatic rings. The van der Waals surface area contributed by atoms with Crippen LogP contribution >= 0.6 is 0 Å². The lowest BCUT2D eigenvalue weighted by Gasteiger charge is -2.40. The molecule has 0 atom stereocenters. The van der Waals surface area contributed by atoms with Gasteiger partial charge in [-0.05, 0) is 50.0 Å². The van der Waals surface area contributed by atoms with Crippen molar-refractivity contribution >= 4 is 11.6 Å². The Labute approximate surface area is 150 Å². The molecule has 0 radical (unpaired) electrons. The van der Waals surface area contributed by atoms with Gasteiger partial charge >= 0.3 is 0 Å². The number of hydrogen-bond acceptors (Lipinski definition) is 4. The molecule has 0 N–H and O–H groups in total. The van der Waals surface area contributed by atoms with E-state index in [2.05, 4.69) is 34.1 Å². The average Bonchev–Trinajstić information content (AvgIpc) is 2.63. The van der Waals surface area contributed by atoms with E-state index in [9.17, 15) is 4.79 Å². The van der Waals surface area contributed by atoms with Crippen molar-refractivity contribution in [3.63, 3.8) is 0 Å². The van der Waals surface area contributed by atoms with Crippen LogP contribution in [0.5, 0.6) is 0 Å². The number of anilines is 1. The van der Waals surface area contributed by atoms with Crippen LogP contribution < -0.4 is 4.90 Å². The molecule has 1 fully saturated rings. The first-order valence-electron chi connectivity index (χ1n) is 8.92. The first-order valence-corrected chi connectivity index (χ1v) is 8.92. The van der Waals surface area contributed by atoms with E-state index in [4.69, 9.17) is 0 Å². The van der Waals surface area contributed by atoms with Crippen molar-refractivity contribution in [1.29, 1.82) is 0 Å². The third kappa shape index (κ3) is 3.74. The van der Waals surface area contributed by atoms with Crippen LogP contribution in [0.25, 0.3) is 0 Å². The first-order chi connectivity index (χ1) is 12.0. The van der Waals surface area contributed by atoms with E-state index in [1.54, 1.807) is 6.92 Å². The standard InChI is InChI=1S/C21H27N3O/c1-17(25)21(19-7-5-4-6-8-19)11-13-24(14-12-21)16-18-9-10-20(22-15-18)23(2)3/h4-10,15H,11-14,16H2,1-3H3. The summed E-state index contributed by atoms with van der Waals surface area (Å²) in [5, 5.41) is 0. The summed E-state index contributed by atoms with van der Waals surface area (Å²) in [6.07, 6.45) is 3.73. The van der Waals surface area contributed by atoms with Gasteiger partial charge in [0.1, 0.15) is 11.6 Å². The number of pyridine rings is 1. The Morgan fingerprint density at radius 2 is 1.80 bits per heavy atom. The van der Waals surface area contributed by atoms with Crippen molar-refractivity contribution in [2.24, 2.45) is 0 Å². The van der Waals surface area contributed by atoms with Gasteiger partial charge in [-0.2, -0.15) is 0 Å². The number of aromatic nitrogens is 1. The summed E-state index contributed by atoms with van der Waals surface area (Å²) in [7, 11) is 4.00. The maximum Gasteiger partial charge on any atom is 0.140 e. The third-order valence-electron chi connectivity index (χ3n) is 5.38. The Morgan fingerprint density at radius 3 is 2.32 bits per heavy atom. The summed E-state index contributed by atoms with van der Waals surface area (Å²) >= 11 is 0. The Hall–Kier alpha value is -2.20. The summed E-state index contributed by atoms with van der Waals surface area (Å²) in [4.78, 5) is 21.4. The second-order valence-corrected chi connectivity index (χ2v) is 7.20. The molecule has 4 nitrogen and oxygen atoms in total. The van der Waals surface area contributed by atoms with Crippen LogP contribution in [-0.4, -0.2) is 42.9 Å². The van der Waals surface area contributed by atoms with Gasteiger partial charge in [0.2, 0.25) is 0 Å². The minimum atomic E-state index is -0.315. The van der Waals surface area contributed by atoms with Crippen molar-refractivity contribution in [2.45, 2.75) is 31.7 Å². The Bertz CT molecular complexity index is 702. The van der Waals surface area contributed by atoms with Crippen molar-refractivity contribution in [1.82, 2.24) is 9.88 Å². The van der Waals surface area contributed by atoms with E-state index in [1.165, 1.54) is 11.1 Å². The Kier molecular flexibility index (Phi) is 5.19. The number of nitrogens with zero attached hydrogens (tertiary/aromatic N) is 3. The highest BCUT2D eigenvalue weighted by Crippen LogP contribution is 2.36. The summed E-state index contributed by atoms with van der Waals surface area (Å²) < 4.78 is 0. The molecule has 1 saturated heterocycles. The molecule has 1 aromatic carbocycles. The second kappa shape index (κ2) is 7.36. The smallest absolute Gasteiger partial charge is 0.140 e. The van der Waals surface area contributed by atoms with E-state index in [-0.39, 0.29) is 11.2 Å². The molecule has 0 aliphatic carbocycles. The van der Waals surface area contributed by atoms with Crippen molar-refractivity contribution in [3.05, 3.63) is 59.8 Å². The van der Waals surface area contributed by atoms with Gasteiger partial charge in [-0.15, -0.1) is 0 Å². The minimum Gasteiger partial charge on any atom is -0.363 e. The lowest BCUT2D eigenvalue weighted by atomic mass is 9.70. The highest BCUT2D eigenvalue weighted by atomic mass is 16.1. The van der Waals surface area contributed by atoms with Gasteiger partial charge in [-0.1, -0.05) is 36.4 Å². The number of ketones is 1. The van der Waals surface area contributed by atoms with Crippen molar-refractivity contribution in [2.75, 3.05) is 32.1 Å². The normalized spacial score (nSPS) is 17.2. The molecule has 0 unspecified atom stereocenters. The Balaban J connectivity index is 1.67. The largest absolute Gasteiger partial charge is 0.363 e. The fourth-order valence-corrected chi connectivity index (χ4v) is 3.73. The monoisotopic (exact) mass is 337 g/mol. The summed E-state index contributed by atoms with van der Waals surface area (Å²) in [5.41, 5.74) is 2.07. The van der Waals surface area contributed by atoms with E-state index >= 15 is 0 Å². The van der Waals surface area contributed by atoms with Crippen LogP contribution in [0.4, 0.5) is 5.82 Å². The van der Waals surface area contributed by atoms with Gasteiger partial charge in [0.25, 0.3) is 0 Å². The van der Waals surface area contributed by atoms with E-state index in [0.717, 1.165) is 38.3 Å². The minimum absolute atomic E-state index is 0.287. The van der Waals surface area contributed by atoms with Gasteiger partial charge in [0.15, 0.2) is 0 Å². The zero-order chi connectivity index (χ0) is 17.9. The maximum atomic E-state index is 12.5.